The van der Waals surface area contributed by atoms with Crippen molar-refractivity contribution in [1.82, 2.24) is 4.90 Å². The van der Waals surface area contributed by atoms with Gasteiger partial charge in [-0.2, -0.15) is 0 Å². The minimum atomic E-state index is -0.809. The Hall–Kier alpha value is -4.10. The number of amides is 3. The van der Waals surface area contributed by atoms with E-state index in [1.165, 1.54) is 30.3 Å². The molecule has 3 rings (SSSR count). The van der Waals surface area contributed by atoms with Gasteiger partial charge in [-0.25, -0.2) is 4.79 Å². The number of rotatable bonds is 10. The molecule has 1 heterocycles. The standard InChI is InChI=1S/C24H22ClN3O9S/c1-3-7-37-23(32)15-11-14(5-6-16(15)25)26-20(29)12-27-22(31)19(38-24(27)33)10-13-8-17(28(34)35)21(30)18(9-13)36-4-2/h5-6,8-11,30H,3-4,7,12H2,1-2H3,(H,26,29)/b19-10-. The molecule has 0 aromatic heterocycles. The van der Waals surface area contributed by atoms with E-state index >= 15 is 0 Å². The molecule has 0 bridgehead atoms. The molecule has 1 saturated heterocycles. The highest BCUT2D eigenvalue weighted by atomic mass is 35.5. The Morgan fingerprint density at radius 2 is 1.97 bits per heavy atom. The summed E-state index contributed by atoms with van der Waals surface area (Å²) in [5.41, 5.74) is -0.259. The summed E-state index contributed by atoms with van der Waals surface area (Å²) < 4.78 is 10.3. The van der Waals surface area contributed by atoms with Crippen molar-refractivity contribution >= 4 is 63.8 Å². The molecule has 14 heteroatoms. The summed E-state index contributed by atoms with van der Waals surface area (Å²) in [7, 11) is 0. The normalized spacial score (nSPS) is 14.1. The first-order valence-corrected chi connectivity index (χ1v) is 12.4. The van der Waals surface area contributed by atoms with Crippen LogP contribution < -0.4 is 10.1 Å². The van der Waals surface area contributed by atoms with E-state index in [-0.39, 0.29) is 45.7 Å². The van der Waals surface area contributed by atoms with E-state index in [1.54, 1.807) is 6.92 Å². The Morgan fingerprint density at radius 3 is 2.63 bits per heavy atom. The fraction of sp³-hybridized carbons (Fsp3) is 0.250. The first kappa shape index (κ1) is 28.5. The molecule has 0 spiro atoms. The van der Waals surface area contributed by atoms with Crippen molar-refractivity contribution in [2.75, 3.05) is 25.1 Å². The molecule has 0 saturated carbocycles. The van der Waals surface area contributed by atoms with Gasteiger partial charge in [-0.15, -0.1) is 0 Å². The van der Waals surface area contributed by atoms with Gasteiger partial charge in [0.15, 0.2) is 5.75 Å². The predicted molar refractivity (Wildman–Crippen MR) is 139 cm³/mol. The number of carbonyl (C=O) groups excluding carboxylic acids is 4. The number of imide groups is 1. The molecular weight excluding hydrogens is 542 g/mol. The second-order valence-corrected chi connectivity index (χ2v) is 9.12. The molecule has 200 valence electrons. The zero-order valence-corrected chi connectivity index (χ0v) is 21.8. The van der Waals surface area contributed by atoms with E-state index in [9.17, 15) is 34.4 Å². The zero-order valence-electron chi connectivity index (χ0n) is 20.2. The number of phenolic OH excluding ortho intramolecular Hbond substituents is 1. The Morgan fingerprint density at radius 1 is 1.24 bits per heavy atom. The zero-order chi connectivity index (χ0) is 28.0. The van der Waals surface area contributed by atoms with Crippen molar-refractivity contribution in [2.24, 2.45) is 0 Å². The lowest BCUT2D eigenvalue weighted by atomic mass is 10.1. The molecule has 38 heavy (non-hydrogen) atoms. The topological polar surface area (TPSA) is 165 Å². The highest BCUT2D eigenvalue weighted by Crippen LogP contribution is 2.39. The number of thioether (sulfide) groups is 1. The summed E-state index contributed by atoms with van der Waals surface area (Å²) in [5, 5.41) is 23.2. The summed E-state index contributed by atoms with van der Waals surface area (Å²) in [6.45, 7) is 3.15. The molecule has 1 fully saturated rings. The van der Waals surface area contributed by atoms with E-state index in [4.69, 9.17) is 21.1 Å². The van der Waals surface area contributed by atoms with Gasteiger partial charge in [-0.05, 0) is 61.0 Å². The lowest BCUT2D eigenvalue weighted by Gasteiger charge is -2.13. The van der Waals surface area contributed by atoms with Gasteiger partial charge in [0, 0.05) is 11.8 Å². The monoisotopic (exact) mass is 563 g/mol. The molecule has 1 aliphatic rings. The van der Waals surface area contributed by atoms with Gasteiger partial charge in [-0.1, -0.05) is 18.5 Å². The third kappa shape index (κ3) is 6.61. The van der Waals surface area contributed by atoms with Crippen LogP contribution in [0.4, 0.5) is 16.2 Å². The molecule has 0 atom stereocenters. The van der Waals surface area contributed by atoms with Gasteiger partial charge >= 0.3 is 11.7 Å². The summed E-state index contributed by atoms with van der Waals surface area (Å²) in [6, 6.07) is 6.48. The number of hydrogen-bond acceptors (Lipinski definition) is 10. The second-order valence-electron chi connectivity index (χ2n) is 7.72. The molecule has 0 unspecified atom stereocenters. The number of phenols is 1. The van der Waals surface area contributed by atoms with Gasteiger partial charge in [-0.3, -0.25) is 29.4 Å². The minimum absolute atomic E-state index is 0.0430. The number of esters is 1. The number of aromatic hydroxyl groups is 1. The third-order valence-corrected chi connectivity index (χ3v) is 6.19. The summed E-state index contributed by atoms with van der Waals surface area (Å²) in [4.78, 5) is 61.1. The van der Waals surface area contributed by atoms with Crippen LogP contribution in [0.3, 0.4) is 0 Å². The highest BCUT2D eigenvalue weighted by Gasteiger charge is 2.36. The van der Waals surface area contributed by atoms with Crippen molar-refractivity contribution < 1.29 is 38.7 Å². The number of nitrogens with one attached hydrogen (secondary N) is 1. The fourth-order valence-electron chi connectivity index (χ4n) is 3.27. The van der Waals surface area contributed by atoms with Crippen LogP contribution in [0.1, 0.15) is 36.2 Å². The summed E-state index contributed by atoms with van der Waals surface area (Å²) in [5.74, 6) is -2.99. The maximum atomic E-state index is 12.8. The maximum Gasteiger partial charge on any atom is 0.339 e. The number of benzene rings is 2. The predicted octanol–water partition coefficient (Wildman–Crippen LogP) is 4.59. The Bertz CT molecular complexity index is 1350. The van der Waals surface area contributed by atoms with Gasteiger partial charge in [0.05, 0.1) is 33.6 Å². The van der Waals surface area contributed by atoms with Crippen LogP contribution in [0.15, 0.2) is 35.2 Å². The molecule has 2 aromatic rings. The van der Waals surface area contributed by atoms with Gasteiger partial charge in [0.2, 0.25) is 11.7 Å². The number of anilines is 1. The number of nitro benzene ring substituents is 1. The summed E-state index contributed by atoms with van der Waals surface area (Å²) >= 11 is 6.59. The van der Waals surface area contributed by atoms with Crippen molar-refractivity contribution in [1.29, 1.82) is 0 Å². The third-order valence-electron chi connectivity index (χ3n) is 4.95. The van der Waals surface area contributed by atoms with E-state index in [1.807, 2.05) is 6.92 Å². The largest absolute Gasteiger partial charge is 0.500 e. The van der Waals surface area contributed by atoms with Crippen LogP contribution in [-0.2, 0) is 14.3 Å². The highest BCUT2D eigenvalue weighted by molar-refractivity contribution is 8.18. The molecule has 2 aromatic carbocycles. The van der Waals surface area contributed by atoms with Crippen LogP contribution >= 0.6 is 23.4 Å². The number of ether oxygens (including phenoxy) is 2. The first-order chi connectivity index (χ1) is 18.0. The van der Waals surface area contributed by atoms with Crippen molar-refractivity contribution in [2.45, 2.75) is 20.3 Å². The second kappa shape index (κ2) is 12.4. The number of hydrogen-bond donors (Lipinski definition) is 2. The first-order valence-electron chi connectivity index (χ1n) is 11.2. The maximum absolute atomic E-state index is 12.8. The van der Waals surface area contributed by atoms with Gasteiger partial charge < -0.3 is 19.9 Å². The van der Waals surface area contributed by atoms with Gasteiger partial charge in [0.1, 0.15) is 6.54 Å². The molecule has 0 aliphatic carbocycles. The van der Waals surface area contributed by atoms with Crippen LogP contribution in [0.2, 0.25) is 5.02 Å². The average molecular weight is 564 g/mol. The lowest BCUT2D eigenvalue weighted by Crippen LogP contribution is -2.36. The van der Waals surface area contributed by atoms with Crippen molar-refractivity contribution in [3.8, 4) is 11.5 Å². The fourth-order valence-corrected chi connectivity index (χ4v) is 4.30. The number of halogens is 1. The van der Waals surface area contributed by atoms with E-state index in [0.29, 0.717) is 23.1 Å². The van der Waals surface area contributed by atoms with Crippen molar-refractivity contribution in [3.63, 3.8) is 0 Å². The quantitative estimate of drug-likeness (QED) is 0.180. The SMILES string of the molecule is CCCOC(=O)c1cc(NC(=O)CN2C(=O)S/C(=C\c3cc(OCC)c(O)c([N+](=O)[O-])c3)C2=O)ccc1Cl. The Balaban J connectivity index is 1.76. The molecular formula is C24H22ClN3O9S. The molecule has 1 aliphatic heterocycles. The van der Waals surface area contributed by atoms with Crippen LogP contribution in [0.25, 0.3) is 6.08 Å². The number of nitro groups is 1. The minimum Gasteiger partial charge on any atom is -0.500 e. The van der Waals surface area contributed by atoms with E-state index < -0.39 is 45.9 Å². The Kier molecular flexibility index (Phi) is 9.31. The Labute approximate surface area is 225 Å². The van der Waals surface area contributed by atoms with E-state index in [2.05, 4.69) is 5.32 Å². The molecule has 12 nitrogen and oxygen atoms in total. The smallest absolute Gasteiger partial charge is 0.339 e. The number of carbonyl (C=O) groups is 4. The molecule has 2 N–H and O–H groups in total. The van der Waals surface area contributed by atoms with E-state index in [0.717, 1.165) is 6.07 Å². The van der Waals surface area contributed by atoms with Crippen LogP contribution in [0, 0.1) is 10.1 Å². The van der Waals surface area contributed by atoms with Gasteiger partial charge in [0.25, 0.3) is 11.1 Å². The number of nitrogens with zero attached hydrogens (tertiary/aromatic N) is 2. The lowest BCUT2D eigenvalue weighted by molar-refractivity contribution is -0.386. The average Bonchev–Trinajstić information content (AvgIpc) is 3.12. The summed E-state index contributed by atoms with van der Waals surface area (Å²) in [6.07, 6.45) is 1.84. The molecule has 0 radical (unpaired) electrons. The van der Waals surface area contributed by atoms with Crippen LogP contribution in [-0.4, -0.2) is 57.7 Å². The molecule has 3 amide bonds. The van der Waals surface area contributed by atoms with Crippen LogP contribution in [0.5, 0.6) is 11.5 Å². The van der Waals surface area contributed by atoms with Crippen molar-refractivity contribution in [3.05, 3.63) is 61.5 Å².